The van der Waals surface area contributed by atoms with E-state index in [9.17, 15) is 0 Å². The Bertz CT molecular complexity index is 392. The van der Waals surface area contributed by atoms with Gasteiger partial charge in [0.25, 0.3) is 0 Å². The van der Waals surface area contributed by atoms with Crippen LogP contribution < -0.4 is 0 Å². The maximum Gasteiger partial charge on any atom is 0.00648 e. The lowest BCUT2D eigenvalue weighted by Gasteiger charge is -2.07. The number of rotatable bonds is 1. The highest BCUT2D eigenvalue weighted by molar-refractivity contribution is 7.32. The van der Waals surface area contributed by atoms with E-state index >= 15 is 0 Å². The molecule has 1 aromatic heterocycles. The molecular weight excluding hydrogens is 187 g/mol. The molecule has 0 saturated carbocycles. The van der Waals surface area contributed by atoms with Crippen molar-refractivity contribution in [1.82, 2.24) is 0 Å². The number of aryl methyl sites for hydroxylation is 3. The first kappa shape index (κ1) is 8.68. The average Bonchev–Trinajstić information content (AvgIpc) is 2.78. The predicted octanol–water partition coefficient (Wildman–Crippen LogP) is 3.97. The lowest BCUT2D eigenvalue weighted by atomic mass is 10.1. The standard InChI is InChI=1S/C13H15P/c1-2-9-6-7-11-8-10-4-3-5-12(10)14-13(9)11/h2,8-9H,1,3-7H2. The summed E-state index contributed by atoms with van der Waals surface area (Å²) in [4.78, 5) is 0. The summed E-state index contributed by atoms with van der Waals surface area (Å²) in [5.41, 5.74) is 3.30. The van der Waals surface area contributed by atoms with Crippen LogP contribution in [0.3, 0.4) is 0 Å². The molecule has 3 rings (SSSR count). The Morgan fingerprint density at radius 1 is 1.29 bits per heavy atom. The second kappa shape index (κ2) is 3.21. The van der Waals surface area contributed by atoms with Crippen molar-refractivity contribution in [2.75, 3.05) is 0 Å². The summed E-state index contributed by atoms with van der Waals surface area (Å²) < 4.78 is 0. The van der Waals surface area contributed by atoms with E-state index in [1.54, 1.807) is 21.7 Å². The van der Waals surface area contributed by atoms with Gasteiger partial charge < -0.3 is 0 Å². The third kappa shape index (κ3) is 1.17. The zero-order chi connectivity index (χ0) is 9.54. The Hall–Kier alpha value is -0.610. The highest BCUT2D eigenvalue weighted by Crippen LogP contribution is 2.44. The van der Waals surface area contributed by atoms with E-state index in [2.05, 4.69) is 18.7 Å². The van der Waals surface area contributed by atoms with E-state index in [0.29, 0.717) is 5.92 Å². The maximum absolute atomic E-state index is 3.95. The molecule has 0 aromatic carbocycles. The fourth-order valence-electron chi connectivity index (χ4n) is 2.73. The summed E-state index contributed by atoms with van der Waals surface area (Å²) in [5, 5.41) is 3.37. The summed E-state index contributed by atoms with van der Waals surface area (Å²) >= 11 is 0. The number of hydrogen-bond acceptors (Lipinski definition) is 0. The summed E-state index contributed by atoms with van der Waals surface area (Å²) in [6.45, 7) is 3.95. The van der Waals surface area contributed by atoms with E-state index < -0.39 is 0 Å². The third-order valence-electron chi connectivity index (χ3n) is 3.52. The molecule has 1 aromatic rings. The van der Waals surface area contributed by atoms with Crippen molar-refractivity contribution in [2.45, 2.75) is 38.0 Å². The molecule has 1 atom stereocenters. The van der Waals surface area contributed by atoms with Crippen molar-refractivity contribution in [3.8, 4) is 0 Å². The SMILES string of the molecule is C=CC1CCc2cc3c(pc21)CCC3. The van der Waals surface area contributed by atoms with E-state index in [4.69, 9.17) is 0 Å². The lowest BCUT2D eigenvalue weighted by molar-refractivity contribution is 0.822. The fraction of sp³-hybridized carbons (Fsp3) is 0.462. The predicted molar refractivity (Wildman–Crippen MR) is 62.2 cm³/mol. The first-order valence-corrected chi connectivity index (χ1v) is 6.42. The van der Waals surface area contributed by atoms with Gasteiger partial charge in [0, 0.05) is 5.92 Å². The monoisotopic (exact) mass is 202 g/mol. The largest absolute Gasteiger partial charge is 0.102 e. The second-order valence-corrected chi connectivity index (χ2v) is 5.62. The first-order chi connectivity index (χ1) is 6.88. The summed E-state index contributed by atoms with van der Waals surface area (Å²) in [6, 6.07) is 2.48. The summed E-state index contributed by atoms with van der Waals surface area (Å²) in [7, 11) is 1.54. The highest BCUT2D eigenvalue weighted by Gasteiger charge is 2.23. The van der Waals surface area contributed by atoms with Crippen LogP contribution in [0.4, 0.5) is 0 Å². The van der Waals surface area contributed by atoms with Gasteiger partial charge in [-0.2, -0.15) is 0 Å². The van der Waals surface area contributed by atoms with Crippen LogP contribution in [0, 0.1) is 0 Å². The molecule has 0 nitrogen and oxygen atoms in total. The molecule has 0 radical (unpaired) electrons. The van der Waals surface area contributed by atoms with Crippen LogP contribution in [-0.4, -0.2) is 0 Å². The van der Waals surface area contributed by atoms with Gasteiger partial charge >= 0.3 is 0 Å². The van der Waals surface area contributed by atoms with Crippen molar-refractivity contribution in [1.29, 1.82) is 0 Å². The summed E-state index contributed by atoms with van der Waals surface area (Å²) in [6.07, 6.45) is 8.79. The minimum Gasteiger partial charge on any atom is -0.102 e. The Morgan fingerprint density at radius 3 is 3.07 bits per heavy atom. The molecule has 2 aliphatic rings. The Balaban J connectivity index is 2.13. The number of allylic oxidation sites excluding steroid dienone is 1. The van der Waals surface area contributed by atoms with Crippen LogP contribution in [-0.2, 0) is 19.3 Å². The van der Waals surface area contributed by atoms with E-state index in [0.717, 1.165) is 0 Å². The second-order valence-electron chi connectivity index (χ2n) is 4.37. The van der Waals surface area contributed by atoms with Gasteiger partial charge in [0.1, 0.15) is 0 Å². The Morgan fingerprint density at radius 2 is 2.21 bits per heavy atom. The molecule has 0 saturated heterocycles. The van der Waals surface area contributed by atoms with Crippen molar-refractivity contribution in [2.24, 2.45) is 0 Å². The van der Waals surface area contributed by atoms with Gasteiger partial charge in [-0.25, -0.2) is 0 Å². The van der Waals surface area contributed by atoms with Gasteiger partial charge in [-0.05, 0) is 53.8 Å². The van der Waals surface area contributed by atoms with Crippen LogP contribution in [0.5, 0.6) is 0 Å². The van der Waals surface area contributed by atoms with Crippen LogP contribution >= 0.6 is 8.19 Å². The van der Waals surface area contributed by atoms with Crippen LogP contribution in [0.2, 0.25) is 0 Å². The van der Waals surface area contributed by atoms with Crippen LogP contribution in [0.15, 0.2) is 18.7 Å². The molecule has 14 heavy (non-hydrogen) atoms. The molecule has 72 valence electrons. The van der Waals surface area contributed by atoms with E-state index in [1.807, 2.05) is 0 Å². The topological polar surface area (TPSA) is 0 Å². The van der Waals surface area contributed by atoms with Gasteiger partial charge in [-0.15, -0.1) is 6.58 Å². The minimum atomic E-state index is 0.678. The van der Waals surface area contributed by atoms with E-state index in [1.165, 1.54) is 40.3 Å². The van der Waals surface area contributed by atoms with Crippen LogP contribution in [0.25, 0.3) is 0 Å². The lowest BCUT2D eigenvalue weighted by Crippen LogP contribution is -1.86. The normalized spacial score (nSPS) is 23.9. The van der Waals surface area contributed by atoms with Gasteiger partial charge in [-0.1, -0.05) is 20.3 Å². The number of fused-ring (bicyclic) bond motifs is 2. The average molecular weight is 202 g/mol. The number of hydrogen-bond donors (Lipinski definition) is 0. The van der Waals surface area contributed by atoms with Gasteiger partial charge in [-0.3, -0.25) is 0 Å². The zero-order valence-corrected chi connectivity index (χ0v) is 9.32. The molecule has 0 amide bonds. The van der Waals surface area contributed by atoms with Gasteiger partial charge in [0.2, 0.25) is 0 Å². The first-order valence-electron chi connectivity index (χ1n) is 5.52. The molecule has 0 aliphatic heterocycles. The van der Waals surface area contributed by atoms with Gasteiger partial charge in [0.05, 0.1) is 0 Å². The van der Waals surface area contributed by atoms with E-state index in [-0.39, 0.29) is 0 Å². The molecular formula is C13H15P. The molecule has 1 unspecified atom stereocenters. The molecule has 0 bridgehead atoms. The van der Waals surface area contributed by atoms with Crippen molar-refractivity contribution in [3.05, 3.63) is 40.4 Å². The fourth-order valence-corrected chi connectivity index (χ4v) is 4.34. The van der Waals surface area contributed by atoms with Crippen molar-refractivity contribution < 1.29 is 0 Å². The Labute approximate surface area is 87.1 Å². The molecule has 0 spiro atoms. The molecule has 0 N–H and O–H groups in total. The maximum atomic E-state index is 3.95. The van der Waals surface area contributed by atoms with Crippen molar-refractivity contribution in [3.63, 3.8) is 0 Å². The highest BCUT2D eigenvalue weighted by atomic mass is 31.0. The summed E-state index contributed by atoms with van der Waals surface area (Å²) in [5.74, 6) is 0.678. The zero-order valence-electron chi connectivity index (χ0n) is 8.42. The smallest absolute Gasteiger partial charge is 0.00648 e. The quantitative estimate of drug-likeness (QED) is 0.604. The molecule has 1 heteroatoms. The van der Waals surface area contributed by atoms with Gasteiger partial charge in [0.15, 0.2) is 0 Å². The van der Waals surface area contributed by atoms with Crippen molar-refractivity contribution >= 4 is 8.19 Å². The third-order valence-corrected chi connectivity index (χ3v) is 5.16. The van der Waals surface area contributed by atoms with Crippen LogP contribution in [0.1, 0.15) is 40.5 Å². The minimum absolute atomic E-state index is 0.678. The molecule has 2 aliphatic carbocycles. The Kier molecular flexibility index (Phi) is 1.99. The molecule has 1 heterocycles. The molecule has 0 fully saturated rings.